The Balaban J connectivity index is 1.18. The van der Waals surface area contributed by atoms with Crippen molar-refractivity contribution in [3.8, 4) is 16.9 Å². The highest BCUT2D eigenvalue weighted by Gasteiger charge is 2.26. The van der Waals surface area contributed by atoms with Crippen molar-refractivity contribution in [2.24, 2.45) is 0 Å². The summed E-state index contributed by atoms with van der Waals surface area (Å²) in [6.45, 7) is 1.98. The Labute approximate surface area is 243 Å². The van der Waals surface area contributed by atoms with Crippen LogP contribution in [0.5, 0.6) is 5.75 Å². The molecule has 1 aliphatic rings. The quantitative estimate of drug-likeness (QED) is 0.228. The molecule has 1 aromatic heterocycles. The highest BCUT2D eigenvalue weighted by Crippen LogP contribution is 2.32. The molecule has 0 spiro atoms. The molecule has 0 amide bonds. The average Bonchev–Trinajstić information content (AvgIpc) is 3.01. The summed E-state index contributed by atoms with van der Waals surface area (Å²) in [6, 6.07) is 28.3. The Morgan fingerprint density at radius 2 is 1.66 bits per heavy atom. The molecule has 0 radical (unpaired) electrons. The third-order valence-corrected chi connectivity index (χ3v) is 9.10. The Hall–Kier alpha value is -4.02. The fourth-order valence-electron chi connectivity index (χ4n) is 4.68. The summed E-state index contributed by atoms with van der Waals surface area (Å²) in [5, 5.41) is 14.0. The van der Waals surface area contributed by atoms with Crippen molar-refractivity contribution >= 4 is 43.9 Å². The van der Waals surface area contributed by atoms with Crippen LogP contribution in [-0.4, -0.2) is 49.2 Å². The number of anilines is 2. The van der Waals surface area contributed by atoms with Crippen LogP contribution in [0.4, 0.5) is 11.5 Å². The molecule has 4 aromatic carbocycles. The number of hydrogen-bond donors (Lipinski definition) is 1. The van der Waals surface area contributed by atoms with Gasteiger partial charge in [-0.2, -0.15) is 9.40 Å². The van der Waals surface area contributed by atoms with Crippen LogP contribution in [0, 0.1) is 0 Å². The third kappa shape index (κ3) is 6.03. The maximum absolute atomic E-state index is 13.0. The summed E-state index contributed by atoms with van der Waals surface area (Å²) >= 11 is 6.51. The van der Waals surface area contributed by atoms with Gasteiger partial charge in [-0.25, -0.2) is 8.42 Å². The van der Waals surface area contributed by atoms with Crippen molar-refractivity contribution in [2.45, 2.75) is 11.5 Å². The SMILES string of the molecule is O=S(=O)(c1ccc(-c2ccc3c(Nc4ccc(OCc5ccccc5)c(Cl)c4)nncc3c2)cc1)N1CCOCC1. The Kier molecular flexibility index (Phi) is 7.84. The van der Waals surface area contributed by atoms with Crippen LogP contribution in [0.3, 0.4) is 0 Å². The number of sulfonamides is 1. The molecule has 2 heterocycles. The van der Waals surface area contributed by atoms with E-state index in [-0.39, 0.29) is 4.90 Å². The van der Waals surface area contributed by atoms with Gasteiger partial charge in [0.1, 0.15) is 12.4 Å². The first-order chi connectivity index (χ1) is 20.0. The van der Waals surface area contributed by atoms with Crippen LogP contribution in [0.25, 0.3) is 21.9 Å². The first kappa shape index (κ1) is 27.2. The van der Waals surface area contributed by atoms with E-state index in [2.05, 4.69) is 15.5 Å². The summed E-state index contributed by atoms with van der Waals surface area (Å²) in [4.78, 5) is 0.274. The highest BCUT2D eigenvalue weighted by molar-refractivity contribution is 7.89. The van der Waals surface area contributed by atoms with E-state index in [1.165, 1.54) is 4.31 Å². The molecule has 5 aromatic rings. The minimum atomic E-state index is -3.54. The summed E-state index contributed by atoms with van der Waals surface area (Å²) in [5.74, 6) is 1.19. The van der Waals surface area contributed by atoms with Crippen LogP contribution >= 0.6 is 11.6 Å². The fourth-order valence-corrected chi connectivity index (χ4v) is 6.33. The largest absolute Gasteiger partial charge is 0.487 e. The number of aromatic nitrogens is 2. The molecule has 1 saturated heterocycles. The smallest absolute Gasteiger partial charge is 0.243 e. The average molecular weight is 587 g/mol. The van der Waals surface area contributed by atoms with Crippen molar-refractivity contribution in [3.05, 3.63) is 108 Å². The predicted octanol–water partition coefficient (Wildman–Crippen LogP) is 6.29. The van der Waals surface area contributed by atoms with E-state index in [1.54, 1.807) is 24.4 Å². The third-order valence-electron chi connectivity index (χ3n) is 6.89. The molecule has 6 rings (SSSR count). The zero-order chi connectivity index (χ0) is 28.2. The van der Waals surface area contributed by atoms with Gasteiger partial charge in [-0.15, -0.1) is 5.10 Å². The van der Waals surface area contributed by atoms with Gasteiger partial charge in [-0.1, -0.05) is 60.1 Å². The van der Waals surface area contributed by atoms with Crippen molar-refractivity contribution in [1.29, 1.82) is 0 Å². The first-order valence-corrected chi connectivity index (χ1v) is 15.0. The highest BCUT2D eigenvalue weighted by atomic mass is 35.5. The topological polar surface area (TPSA) is 93.7 Å². The molecule has 0 saturated carbocycles. The number of rotatable bonds is 8. The van der Waals surface area contributed by atoms with E-state index in [4.69, 9.17) is 21.1 Å². The molecule has 0 aliphatic carbocycles. The Morgan fingerprint density at radius 3 is 2.41 bits per heavy atom. The molecule has 1 N–H and O–H groups in total. The lowest BCUT2D eigenvalue weighted by molar-refractivity contribution is 0.0730. The van der Waals surface area contributed by atoms with Crippen molar-refractivity contribution in [3.63, 3.8) is 0 Å². The van der Waals surface area contributed by atoms with Crippen molar-refractivity contribution in [1.82, 2.24) is 14.5 Å². The molecule has 41 heavy (non-hydrogen) atoms. The molecule has 0 bridgehead atoms. The Bertz CT molecular complexity index is 1780. The summed E-state index contributed by atoms with van der Waals surface area (Å²) in [6.07, 6.45) is 1.70. The van der Waals surface area contributed by atoms with E-state index in [0.29, 0.717) is 49.5 Å². The van der Waals surface area contributed by atoms with Gasteiger partial charge in [-0.05, 0) is 59.2 Å². The second-order valence-corrected chi connectivity index (χ2v) is 11.9. The normalized spacial score (nSPS) is 14.2. The van der Waals surface area contributed by atoms with Crippen molar-refractivity contribution < 1.29 is 17.9 Å². The van der Waals surface area contributed by atoms with E-state index >= 15 is 0 Å². The molecule has 1 fully saturated rings. The minimum Gasteiger partial charge on any atom is -0.487 e. The van der Waals surface area contributed by atoms with Crippen LogP contribution in [0.2, 0.25) is 5.02 Å². The monoisotopic (exact) mass is 586 g/mol. The molecule has 1 aliphatic heterocycles. The predicted molar refractivity (Wildman–Crippen MR) is 160 cm³/mol. The number of morpholine rings is 1. The lowest BCUT2D eigenvalue weighted by atomic mass is 10.0. The van der Waals surface area contributed by atoms with E-state index in [9.17, 15) is 8.42 Å². The standard InChI is InChI=1S/C31H27ClN4O4S/c32-29-19-26(9-13-30(29)40-21-22-4-2-1-3-5-22)34-31-28-12-8-24(18-25(28)20-33-35-31)23-6-10-27(11-7-23)41(37,38)36-14-16-39-17-15-36/h1-13,18-20H,14-17,21H2,(H,34,35). The van der Waals surface area contributed by atoms with Crippen molar-refractivity contribution in [2.75, 3.05) is 31.6 Å². The fraction of sp³-hybridized carbons (Fsp3) is 0.161. The summed E-state index contributed by atoms with van der Waals surface area (Å²) in [5.41, 5.74) is 3.65. The second kappa shape index (κ2) is 11.8. The lowest BCUT2D eigenvalue weighted by Crippen LogP contribution is -2.40. The van der Waals surface area contributed by atoms with Gasteiger partial charge in [0.15, 0.2) is 5.82 Å². The maximum atomic E-state index is 13.0. The summed E-state index contributed by atoms with van der Waals surface area (Å²) < 4.78 is 38.6. The molecule has 208 valence electrons. The number of nitrogens with one attached hydrogen (secondary N) is 1. The van der Waals surface area contributed by atoms with Gasteiger partial charge < -0.3 is 14.8 Å². The maximum Gasteiger partial charge on any atom is 0.243 e. The van der Waals surface area contributed by atoms with E-state index in [0.717, 1.165) is 33.2 Å². The van der Waals surface area contributed by atoms with Crippen LogP contribution in [-0.2, 0) is 21.4 Å². The van der Waals surface area contributed by atoms with Gasteiger partial charge in [0.25, 0.3) is 0 Å². The van der Waals surface area contributed by atoms with E-state index in [1.807, 2.05) is 72.8 Å². The van der Waals surface area contributed by atoms with Gasteiger partial charge >= 0.3 is 0 Å². The molecule has 10 heteroatoms. The van der Waals surface area contributed by atoms with E-state index < -0.39 is 10.0 Å². The summed E-state index contributed by atoms with van der Waals surface area (Å²) in [7, 11) is -3.54. The molecular formula is C31H27ClN4O4S. The molecule has 0 unspecified atom stereocenters. The molecule has 0 atom stereocenters. The zero-order valence-corrected chi connectivity index (χ0v) is 23.6. The van der Waals surface area contributed by atoms with Gasteiger partial charge in [-0.3, -0.25) is 0 Å². The van der Waals surface area contributed by atoms with Gasteiger partial charge in [0, 0.05) is 29.5 Å². The minimum absolute atomic E-state index is 0.274. The number of benzene rings is 4. The first-order valence-electron chi connectivity index (χ1n) is 13.1. The molecule has 8 nitrogen and oxygen atoms in total. The lowest BCUT2D eigenvalue weighted by Gasteiger charge is -2.26. The van der Waals surface area contributed by atoms with Crippen LogP contribution < -0.4 is 10.1 Å². The van der Waals surface area contributed by atoms with Gasteiger partial charge in [0.2, 0.25) is 10.0 Å². The number of nitrogens with zero attached hydrogens (tertiary/aromatic N) is 3. The Morgan fingerprint density at radius 1 is 0.902 bits per heavy atom. The second-order valence-electron chi connectivity index (χ2n) is 9.58. The van der Waals surface area contributed by atoms with Gasteiger partial charge in [0.05, 0.1) is 29.3 Å². The van der Waals surface area contributed by atoms with Crippen LogP contribution in [0.1, 0.15) is 5.56 Å². The number of ether oxygens (including phenoxy) is 2. The number of fused-ring (bicyclic) bond motifs is 1. The number of halogens is 1. The zero-order valence-electron chi connectivity index (χ0n) is 22.0. The molecular weight excluding hydrogens is 560 g/mol. The number of hydrogen-bond acceptors (Lipinski definition) is 7. The van der Waals surface area contributed by atoms with Crippen LogP contribution in [0.15, 0.2) is 102 Å².